The molecule has 2 rings (SSSR count). The molecule has 0 unspecified atom stereocenters. The second kappa shape index (κ2) is 5.84. The molecule has 2 saturated heterocycles. The van der Waals surface area contributed by atoms with E-state index < -0.39 is 5.97 Å². The summed E-state index contributed by atoms with van der Waals surface area (Å²) in [5.41, 5.74) is 0. The minimum absolute atomic E-state index is 0.0154. The molecule has 2 aliphatic rings. The lowest BCUT2D eigenvalue weighted by Crippen LogP contribution is -2.34. The Morgan fingerprint density at radius 3 is 2.22 bits per heavy atom. The first-order valence-electron chi connectivity index (χ1n) is 6.38. The fraction of sp³-hybridized carbons (Fsp3) is 0.750. The van der Waals surface area contributed by atoms with Crippen molar-refractivity contribution in [3.8, 4) is 0 Å². The molecule has 0 spiro atoms. The third-order valence-electron chi connectivity index (χ3n) is 3.29. The third-order valence-corrected chi connectivity index (χ3v) is 3.29. The van der Waals surface area contributed by atoms with Crippen molar-refractivity contribution in [3.05, 3.63) is 0 Å². The number of amides is 2. The van der Waals surface area contributed by atoms with Crippen LogP contribution in [0.25, 0.3) is 0 Å². The van der Waals surface area contributed by atoms with Crippen molar-refractivity contribution in [2.75, 3.05) is 32.8 Å². The summed E-state index contributed by atoms with van der Waals surface area (Å²) in [7, 11) is 0. The van der Waals surface area contributed by atoms with Crippen LogP contribution in [0.5, 0.6) is 0 Å². The second-order valence-corrected chi connectivity index (χ2v) is 4.62. The summed E-state index contributed by atoms with van der Waals surface area (Å²) in [5.74, 6) is -0.251. The zero-order chi connectivity index (χ0) is 13.0. The van der Waals surface area contributed by atoms with Gasteiger partial charge in [0.1, 0.15) is 13.2 Å². The first-order valence-corrected chi connectivity index (χ1v) is 6.38. The quantitative estimate of drug-likeness (QED) is 0.636. The fourth-order valence-electron chi connectivity index (χ4n) is 2.28. The van der Waals surface area contributed by atoms with Crippen LogP contribution in [0.1, 0.15) is 25.7 Å². The average Bonchev–Trinajstić information content (AvgIpc) is 2.90. The van der Waals surface area contributed by atoms with E-state index in [0.29, 0.717) is 25.9 Å². The van der Waals surface area contributed by atoms with E-state index in [0.717, 1.165) is 19.4 Å². The van der Waals surface area contributed by atoms with E-state index in [2.05, 4.69) is 0 Å². The zero-order valence-electron chi connectivity index (χ0n) is 10.4. The normalized spacial score (nSPS) is 19.8. The highest BCUT2D eigenvalue weighted by atomic mass is 16.5. The molecule has 0 N–H and O–H groups in total. The summed E-state index contributed by atoms with van der Waals surface area (Å²) in [5, 5.41) is 0. The summed E-state index contributed by atoms with van der Waals surface area (Å²) >= 11 is 0. The van der Waals surface area contributed by atoms with Gasteiger partial charge in [0.25, 0.3) is 0 Å². The van der Waals surface area contributed by atoms with Crippen LogP contribution < -0.4 is 0 Å². The minimum atomic E-state index is -0.392. The average molecular weight is 254 g/mol. The van der Waals surface area contributed by atoms with Crippen molar-refractivity contribution in [1.82, 2.24) is 9.80 Å². The van der Waals surface area contributed by atoms with E-state index in [1.165, 1.54) is 4.90 Å². The van der Waals surface area contributed by atoms with E-state index >= 15 is 0 Å². The lowest BCUT2D eigenvalue weighted by atomic mass is 10.4. The number of carbonyl (C=O) groups is 3. The third kappa shape index (κ3) is 3.21. The van der Waals surface area contributed by atoms with E-state index in [9.17, 15) is 14.4 Å². The highest BCUT2D eigenvalue weighted by Gasteiger charge is 2.23. The van der Waals surface area contributed by atoms with Gasteiger partial charge in [-0.25, -0.2) is 0 Å². The highest BCUT2D eigenvalue weighted by Crippen LogP contribution is 2.10. The number of rotatable bonds is 5. The van der Waals surface area contributed by atoms with Crippen molar-refractivity contribution in [1.29, 1.82) is 0 Å². The van der Waals surface area contributed by atoms with Gasteiger partial charge in [-0.15, -0.1) is 0 Å². The topological polar surface area (TPSA) is 66.9 Å². The lowest BCUT2D eigenvalue weighted by molar-refractivity contribution is -0.149. The molecule has 18 heavy (non-hydrogen) atoms. The van der Waals surface area contributed by atoms with Gasteiger partial charge in [-0.05, 0) is 12.8 Å². The van der Waals surface area contributed by atoms with Gasteiger partial charge in [-0.1, -0.05) is 0 Å². The molecule has 0 bridgehead atoms. The van der Waals surface area contributed by atoms with Crippen molar-refractivity contribution >= 4 is 17.8 Å². The number of hydrogen-bond acceptors (Lipinski definition) is 4. The monoisotopic (exact) mass is 254 g/mol. The maximum atomic E-state index is 11.5. The van der Waals surface area contributed by atoms with Crippen LogP contribution in [0, 0.1) is 0 Å². The number of hydrogen-bond donors (Lipinski definition) is 0. The second-order valence-electron chi connectivity index (χ2n) is 4.62. The highest BCUT2D eigenvalue weighted by molar-refractivity contribution is 5.83. The van der Waals surface area contributed by atoms with Gasteiger partial charge >= 0.3 is 5.97 Å². The predicted octanol–water partition coefficient (Wildman–Crippen LogP) is -0.226. The Labute approximate surface area is 106 Å². The Balaban J connectivity index is 1.62. The summed E-state index contributed by atoms with van der Waals surface area (Å²) < 4.78 is 5.04. The van der Waals surface area contributed by atoms with E-state index in [-0.39, 0.29) is 25.0 Å². The molecule has 2 fully saturated rings. The first kappa shape index (κ1) is 12.9. The Morgan fingerprint density at radius 1 is 1.06 bits per heavy atom. The Hall–Kier alpha value is -1.59. The predicted molar refractivity (Wildman–Crippen MR) is 62.6 cm³/mol. The standard InChI is InChI=1S/C12H18N2O4/c15-10-3-1-5-13(10)7-8-18-12(17)9-14-6-2-4-11(14)16/h1-9H2. The molecule has 0 saturated carbocycles. The molecular weight excluding hydrogens is 236 g/mol. The molecule has 0 atom stereocenters. The van der Waals surface area contributed by atoms with Gasteiger partial charge in [0.15, 0.2) is 0 Å². The molecule has 2 aliphatic heterocycles. The van der Waals surface area contributed by atoms with Crippen molar-refractivity contribution in [3.63, 3.8) is 0 Å². The van der Waals surface area contributed by atoms with Crippen LogP contribution >= 0.6 is 0 Å². The van der Waals surface area contributed by atoms with Crippen LogP contribution in [-0.2, 0) is 19.1 Å². The Bertz CT molecular complexity index is 356. The first-order chi connectivity index (χ1) is 8.66. The summed E-state index contributed by atoms with van der Waals surface area (Å²) in [6.45, 7) is 2.09. The van der Waals surface area contributed by atoms with Gasteiger partial charge < -0.3 is 14.5 Å². The number of esters is 1. The number of likely N-dealkylation sites (tertiary alicyclic amines) is 2. The molecule has 100 valence electrons. The Morgan fingerprint density at radius 2 is 1.67 bits per heavy atom. The van der Waals surface area contributed by atoms with Gasteiger partial charge in [-0.3, -0.25) is 14.4 Å². The van der Waals surface area contributed by atoms with Crippen LogP contribution in [0.4, 0.5) is 0 Å². The molecular formula is C12H18N2O4. The van der Waals surface area contributed by atoms with E-state index in [1.54, 1.807) is 4.90 Å². The Kier molecular flexibility index (Phi) is 4.17. The summed E-state index contributed by atoms with van der Waals surface area (Å²) in [6, 6.07) is 0. The van der Waals surface area contributed by atoms with Crippen LogP contribution in [-0.4, -0.2) is 60.4 Å². The summed E-state index contributed by atoms with van der Waals surface area (Å²) in [4.78, 5) is 37.3. The maximum Gasteiger partial charge on any atom is 0.325 e. The number of nitrogens with zero attached hydrogens (tertiary/aromatic N) is 2. The van der Waals surface area contributed by atoms with Crippen LogP contribution in [0.3, 0.4) is 0 Å². The van der Waals surface area contributed by atoms with Crippen molar-refractivity contribution in [2.45, 2.75) is 25.7 Å². The van der Waals surface area contributed by atoms with E-state index in [1.807, 2.05) is 0 Å². The van der Waals surface area contributed by atoms with Gasteiger partial charge in [0, 0.05) is 25.9 Å². The SMILES string of the molecule is O=C(CN1CCCC1=O)OCCN1CCCC1=O. The van der Waals surface area contributed by atoms with Crippen molar-refractivity contribution < 1.29 is 19.1 Å². The number of ether oxygens (including phenoxy) is 1. The van der Waals surface area contributed by atoms with Gasteiger partial charge in [0.05, 0.1) is 6.54 Å². The summed E-state index contributed by atoms with van der Waals surface area (Å²) in [6.07, 6.45) is 2.81. The molecule has 2 heterocycles. The maximum absolute atomic E-state index is 11.5. The molecule has 0 aromatic rings. The van der Waals surface area contributed by atoms with Crippen LogP contribution in [0.2, 0.25) is 0 Å². The molecule has 0 aliphatic carbocycles. The van der Waals surface area contributed by atoms with Gasteiger partial charge in [-0.2, -0.15) is 0 Å². The lowest BCUT2D eigenvalue weighted by Gasteiger charge is -2.17. The largest absolute Gasteiger partial charge is 0.462 e. The van der Waals surface area contributed by atoms with Gasteiger partial charge in [0.2, 0.25) is 11.8 Å². The zero-order valence-corrected chi connectivity index (χ0v) is 10.4. The van der Waals surface area contributed by atoms with E-state index in [4.69, 9.17) is 4.74 Å². The molecule has 2 amide bonds. The minimum Gasteiger partial charge on any atom is -0.462 e. The number of carbonyl (C=O) groups excluding carboxylic acids is 3. The molecule has 0 radical (unpaired) electrons. The fourth-order valence-corrected chi connectivity index (χ4v) is 2.28. The molecule has 0 aromatic carbocycles. The van der Waals surface area contributed by atoms with Crippen LogP contribution in [0.15, 0.2) is 0 Å². The molecule has 0 aromatic heterocycles. The molecule has 6 nitrogen and oxygen atoms in total. The molecule has 6 heteroatoms. The smallest absolute Gasteiger partial charge is 0.325 e. The van der Waals surface area contributed by atoms with Crippen molar-refractivity contribution in [2.24, 2.45) is 0 Å².